The van der Waals surface area contributed by atoms with Crippen LogP contribution in [-0.2, 0) is 9.47 Å². The van der Waals surface area contributed by atoms with Gasteiger partial charge in [0.15, 0.2) is 0 Å². The van der Waals surface area contributed by atoms with Crippen molar-refractivity contribution in [1.82, 2.24) is 4.57 Å². The van der Waals surface area contributed by atoms with E-state index in [9.17, 15) is 9.59 Å². The lowest BCUT2D eigenvalue weighted by Crippen LogP contribution is -2.26. The maximum atomic E-state index is 12.3. The van der Waals surface area contributed by atoms with Crippen LogP contribution in [0.25, 0.3) is 10.9 Å². The topological polar surface area (TPSA) is 66.8 Å². The first-order chi connectivity index (χ1) is 13.3. The molecule has 1 heterocycles. The molecule has 3 rings (SSSR count). The summed E-state index contributed by atoms with van der Waals surface area (Å²) in [5.74, 6) is 0.727. The number of esters is 1. The van der Waals surface area contributed by atoms with Gasteiger partial charge in [-0.1, -0.05) is 6.07 Å². The SMILES string of the molecule is CCOC(=O)c1cccc(Oc2ccc3c(ccn3C(=O)OC(C)(C)C)c2)c1. The molecule has 2 aromatic carbocycles. The molecule has 0 N–H and O–H groups in total. The van der Waals surface area contributed by atoms with Gasteiger partial charge in [0.2, 0.25) is 0 Å². The summed E-state index contributed by atoms with van der Waals surface area (Å²) >= 11 is 0. The van der Waals surface area contributed by atoms with Gasteiger partial charge in [0.05, 0.1) is 17.7 Å². The normalized spacial score (nSPS) is 11.3. The first-order valence-corrected chi connectivity index (χ1v) is 9.06. The summed E-state index contributed by atoms with van der Waals surface area (Å²) in [6.07, 6.45) is 1.24. The number of carbonyl (C=O) groups excluding carboxylic acids is 2. The van der Waals surface area contributed by atoms with E-state index in [0.717, 1.165) is 10.9 Å². The summed E-state index contributed by atoms with van der Waals surface area (Å²) in [5.41, 5.74) is 0.582. The first-order valence-electron chi connectivity index (χ1n) is 9.06. The summed E-state index contributed by atoms with van der Waals surface area (Å²) in [4.78, 5) is 24.2. The second kappa shape index (κ2) is 7.76. The summed E-state index contributed by atoms with van der Waals surface area (Å²) in [5, 5.41) is 0.838. The molecule has 28 heavy (non-hydrogen) atoms. The van der Waals surface area contributed by atoms with Crippen molar-refractivity contribution in [3.8, 4) is 11.5 Å². The number of hydrogen-bond acceptors (Lipinski definition) is 5. The minimum Gasteiger partial charge on any atom is -0.462 e. The Morgan fingerprint density at radius 2 is 1.75 bits per heavy atom. The van der Waals surface area contributed by atoms with Crippen LogP contribution in [0.5, 0.6) is 11.5 Å². The van der Waals surface area contributed by atoms with E-state index in [1.54, 1.807) is 49.5 Å². The Bertz CT molecular complexity index is 1010. The predicted molar refractivity (Wildman–Crippen MR) is 106 cm³/mol. The molecule has 0 aliphatic heterocycles. The number of hydrogen-bond donors (Lipinski definition) is 0. The molecule has 0 spiro atoms. The van der Waals surface area contributed by atoms with Crippen molar-refractivity contribution < 1.29 is 23.8 Å². The molecule has 0 aliphatic rings. The Balaban J connectivity index is 1.82. The fourth-order valence-corrected chi connectivity index (χ4v) is 2.69. The van der Waals surface area contributed by atoms with Gasteiger partial charge in [-0.05, 0) is 70.2 Å². The van der Waals surface area contributed by atoms with Crippen molar-refractivity contribution in [3.63, 3.8) is 0 Å². The van der Waals surface area contributed by atoms with E-state index in [1.165, 1.54) is 4.57 Å². The zero-order valence-corrected chi connectivity index (χ0v) is 16.4. The Morgan fingerprint density at radius 3 is 2.46 bits per heavy atom. The monoisotopic (exact) mass is 381 g/mol. The second-order valence-corrected chi connectivity index (χ2v) is 7.24. The Morgan fingerprint density at radius 1 is 1.00 bits per heavy atom. The van der Waals surface area contributed by atoms with E-state index in [0.29, 0.717) is 23.7 Å². The molecule has 0 saturated carbocycles. The quantitative estimate of drug-likeness (QED) is 0.567. The number of carbonyl (C=O) groups is 2. The largest absolute Gasteiger partial charge is 0.462 e. The molecular weight excluding hydrogens is 358 g/mol. The second-order valence-electron chi connectivity index (χ2n) is 7.24. The lowest BCUT2D eigenvalue weighted by atomic mass is 10.2. The minimum atomic E-state index is -0.569. The van der Waals surface area contributed by atoms with Crippen LogP contribution in [0.2, 0.25) is 0 Å². The van der Waals surface area contributed by atoms with E-state index >= 15 is 0 Å². The summed E-state index contributed by atoms with van der Waals surface area (Å²) < 4.78 is 17.8. The maximum absolute atomic E-state index is 12.3. The van der Waals surface area contributed by atoms with Crippen LogP contribution in [0, 0.1) is 0 Å². The highest BCUT2D eigenvalue weighted by Crippen LogP contribution is 2.27. The molecule has 1 aromatic heterocycles. The van der Waals surface area contributed by atoms with Gasteiger partial charge in [-0.3, -0.25) is 4.57 Å². The average molecular weight is 381 g/mol. The lowest BCUT2D eigenvalue weighted by molar-refractivity contribution is 0.0521. The molecule has 0 atom stereocenters. The summed E-state index contributed by atoms with van der Waals surface area (Å²) in [6, 6.07) is 14.0. The van der Waals surface area contributed by atoms with Crippen LogP contribution in [0.15, 0.2) is 54.7 Å². The zero-order chi connectivity index (χ0) is 20.3. The molecule has 6 heteroatoms. The maximum Gasteiger partial charge on any atom is 0.418 e. The van der Waals surface area contributed by atoms with E-state index in [4.69, 9.17) is 14.2 Å². The Kier molecular flexibility index (Phi) is 5.40. The Hall–Kier alpha value is -3.28. The summed E-state index contributed by atoms with van der Waals surface area (Å²) in [7, 11) is 0. The molecule has 0 radical (unpaired) electrons. The van der Waals surface area contributed by atoms with Crippen molar-refractivity contribution in [2.24, 2.45) is 0 Å². The van der Waals surface area contributed by atoms with E-state index in [1.807, 2.05) is 32.9 Å². The molecule has 0 saturated heterocycles. The molecule has 0 fully saturated rings. The van der Waals surface area contributed by atoms with Crippen LogP contribution in [0.1, 0.15) is 38.1 Å². The predicted octanol–water partition coefficient (Wildman–Crippen LogP) is 5.39. The van der Waals surface area contributed by atoms with Crippen LogP contribution in [-0.4, -0.2) is 28.8 Å². The van der Waals surface area contributed by atoms with Gasteiger partial charge < -0.3 is 14.2 Å². The molecular formula is C22H23NO5. The number of benzene rings is 2. The molecule has 0 unspecified atom stereocenters. The van der Waals surface area contributed by atoms with Gasteiger partial charge in [0.1, 0.15) is 17.1 Å². The number of aromatic nitrogens is 1. The summed E-state index contributed by atoms with van der Waals surface area (Å²) in [6.45, 7) is 7.55. The van der Waals surface area contributed by atoms with E-state index in [2.05, 4.69) is 0 Å². The van der Waals surface area contributed by atoms with Gasteiger partial charge in [-0.15, -0.1) is 0 Å². The van der Waals surface area contributed by atoms with Gasteiger partial charge in [-0.2, -0.15) is 0 Å². The average Bonchev–Trinajstić information content (AvgIpc) is 3.04. The van der Waals surface area contributed by atoms with E-state index < -0.39 is 17.7 Å². The third kappa shape index (κ3) is 4.52. The van der Waals surface area contributed by atoms with Crippen LogP contribution in [0.4, 0.5) is 4.79 Å². The van der Waals surface area contributed by atoms with Gasteiger partial charge in [0, 0.05) is 11.6 Å². The fraction of sp³-hybridized carbons (Fsp3) is 0.273. The number of nitrogens with zero attached hydrogens (tertiary/aromatic N) is 1. The first kappa shape index (κ1) is 19.5. The third-order valence-electron chi connectivity index (χ3n) is 3.83. The van der Waals surface area contributed by atoms with Crippen LogP contribution < -0.4 is 4.74 Å². The molecule has 0 bridgehead atoms. The Labute approximate surface area is 163 Å². The number of ether oxygens (including phenoxy) is 3. The van der Waals surface area contributed by atoms with Gasteiger partial charge in [-0.25, -0.2) is 9.59 Å². The van der Waals surface area contributed by atoms with Crippen LogP contribution in [0.3, 0.4) is 0 Å². The van der Waals surface area contributed by atoms with E-state index in [-0.39, 0.29) is 0 Å². The van der Waals surface area contributed by atoms with Crippen LogP contribution >= 0.6 is 0 Å². The highest BCUT2D eigenvalue weighted by atomic mass is 16.6. The zero-order valence-electron chi connectivity index (χ0n) is 16.4. The smallest absolute Gasteiger partial charge is 0.418 e. The van der Waals surface area contributed by atoms with Gasteiger partial charge in [0.25, 0.3) is 0 Å². The molecule has 0 amide bonds. The number of rotatable bonds is 4. The minimum absolute atomic E-state index is 0.315. The van der Waals surface area contributed by atoms with Crippen molar-refractivity contribution in [1.29, 1.82) is 0 Å². The molecule has 3 aromatic rings. The van der Waals surface area contributed by atoms with Crippen molar-refractivity contribution >= 4 is 23.0 Å². The molecule has 0 aliphatic carbocycles. The standard InChI is InChI=1S/C22H23NO5/c1-5-26-20(24)16-7-6-8-17(14-16)27-18-9-10-19-15(13-18)11-12-23(19)21(25)28-22(2,3)4/h6-14H,5H2,1-4H3. The van der Waals surface area contributed by atoms with Gasteiger partial charge >= 0.3 is 12.1 Å². The highest BCUT2D eigenvalue weighted by molar-refractivity contribution is 5.91. The number of fused-ring (bicyclic) bond motifs is 1. The third-order valence-corrected chi connectivity index (χ3v) is 3.83. The van der Waals surface area contributed by atoms with Crippen molar-refractivity contribution in [3.05, 3.63) is 60.3 Å². The highest BCUT2D eigenvalue weighted by Gasteiger charge is 2.19. The molecule has 146 valence electrons. The van der Waals surface area contributed by atoms with Crippen molar-refractivity contribution in [2.75, 3.05) is 6.61 Å². The van der Waals surface area contributed by atoms with Crippen molar-refractivity contribution in [2.45, 2.75) is 33.3 Å². The fourth-order valence-electron chi connectivity index (χ4n) is 2.69. The lowest BCUT2D eigenvalue weighted by Gasteiger charge is -2.19. The molecule has 6 nitrogen and oxygen atoms in total.